The first-order valence-electron chi connectivity index (χ1n) is 9.35. The molecule has 0 radical (unpaired) electrons. The summed E-state index contributed by atoms with van der Waals surface area (Å²) in [4.78, 5) is 20.7. The molecule has 3 aromatic heterocycles. The van der Waals surface area contributed by atoms with Crippen molar-refractivity contribution in [2.75, 3.05) is 5.32 Å². The van der Waals surface area contributed by atoms with Crippen LogP contribution in [0, 0.1) is 13.8 Å². The van der Waals surface area contributed by atoms with Crippen molar-refractivity contribution in [1.29, 1.82) is 0 Å². The summed E-state index contributed by atoms with van der Waals surface area (Å²) in [5.41, 5.74) is 3.25. The highest BCUT2D eigenvalue weighted by atomic mass is 16.5. The lowest BCUT2D eigenvalue weighted by Gasteiger charge is -2.07. The van der Waals surface area contributed by atoms with Crippen LogP contribution in [0.4, 0.5) is 5.95 Å². The second-order valence-electron chi connectivity index (χ2n) is 6.68. The van der Waals surface area contributed by atoms with Gasteiger partial charge in [0.05, 0.1) is 17.7 Å². The summed E-state index contributed by atoms with van der Waals surface area (Å²) < 4.78 is 10.9. The Balaban J connectivity index is 1.31. The quantitative estimate of drug-likeness (QED) is 0.485. The van der Waals surface area contributed by atoms with Crippen LogP contribution in [-0.4, -0.2) is 31.2 Å². The molecule has 4 rings (SSSR count). The Labute approximate surface area is 172 Å². The van der Waals surface area contributed by atoms with Gasteiger partial charge in [0.15, 0.2) is 5.82 Å². The fraction of sp³-hybridized carbons (Fsp3) is 0.190. The number of anilines is 1. The average molecular weight is 404 g/mol. The molecule has 9 heteroatoms. The number of aryl methyl sites for hydroxylation is 2. The van der Waals surface area contributed by atoms with Crippen LogP contribution in [-0.2, 0) is 17.8 Å². The number of hydrogen-bond acceptors (Lipinski definition) is 7. The third kappa shape index (κ3) is 4.52. The van der Waals surface area contributed by atoms with E-state index in [1.54, 1.807) is 12.3 Å². The van der Waals surface area contributed by atoms with E-state index in [1.165, 1.54) is 0 Å². The molecule has 0 aliphatic rings. The molecule has 1 aromatic carbocycles. The van der Waals surface area contributed by atoms with E-state index in [0.717, 1.165) is 22.6 Å². The minimum Gasteiger partial charge on any atom is -0.489 e. The topological polar surface area (TPSA) is 119 Å². The fourth-order valence-electron chi connectivity index (χ4n) is 2.86. The number of benzene rings is 1. The lowest BCUT2D eigenvalue weighted by Crippen LogP contribution is -2.15. The highest BCUT2D eigenvalue weighted by Crippen LogP contribution is 2.18. The van der Waals surface area contributed by atoms with E-state index in [1.807, 2.05) is 50.2 Å². The van der Waals surface area contributed by atoms with Crippen LogP contribution in [0.3, 0.4) is 0 Å². The minimum absolute atomic E-state index is 0.192. The molecule has 152 valence electrons. The van der Waals surface area contributed by atoms with E-state index in [0.29, 0.717) is 23.9 Å². The first kappa shape index (κ1) is 19.3. The summed E-state index contributed by atoms with van der Waals surface area (Å²) in [6, 6.07) is 12.8. The van der Waals surface area contributed by atoms with E-state index >= 15 is 0 Å². The zero-order chi connectivity index (χ0) is 20.9. The average Bonchev–Trinajstić information content (AvgIpc) is 3.35. The number of carbonyl (C=O) groups excluding carboxylic acids is 1. The second-order valence-corrected chi connectivity index (χ2v) is 6.68. The SMILES string of the molecule is Cc1noc(C)c1COc1ccc(CC(=O)Nc2n[nH]c(-c3ccccn3)n2)cc1. The third-order valence-electron chi connectivity index (χ3n) is 4.50. The number of hydrogen-bond donors (Lipinski definition) is 2. The Hall–Kier alpha value is -4.01. The van der Waals surface area contributed by atoms with Gasteiger partial charge in [-0.2, -0.15) is 4.98 Å². The third-order valence-corrected chi connectivity index (χ3v) is 4.50. The van der Waals surface area contributed by atoms with Crippen LogP contribution in [0.1, 0.15) is 22.6 Å². The molecule has 0 saturated carbocycles. The smallest absolute Gasteiger partial charge is 0.249 e. The minimum atomic E-state index is -0.217. The van der Waals surface area contributed by atoms with Crippen LogP contribution in [0.15, 0.2) is 53.2 Å². The van der Waals surface area contributed by atoms with Gasteiger partial charge in [-0.25, -0.2) is 0 Å². The first-order chi connectivity index (χ1) is 14.6. The van der Waals surface area contributed by atoms with Gasteiger partial charge in [0, 0.05) is 6.20 Å². The van der Waals surface area contributed by atoms with E-state index in [2.05, 4.69) is 30.6 Å². The Morgan fingerprint density at radius 1 is 1.17 bits per heavy atom. The summed E-state index contributed by atoms with van der Waals surface area (Å²) in [6.45, 7) is 4.11. The maximum atomic E-state index is 12.3. The number of pyridine rings is 1. The van der Waals surface area contributed by atoms with Crippen LogP contribution in [0.2, 0.25) is 0 Å². The molecule has 30 heavy (non-hydrogen) atoms. The highest BCUT2D eigenvalue weighted by Gasteiger charge is 2.11. The van der Waals surface area contributed by atoms with Gasteiger partial charge in [0.25, 0.3) is 0 Å². The standard InChI is InChI=1S/C21H20N6O3/c1-13-17(14(2)30-27-13)12-29-16-8-6-15(7-9-16)11-19(28)23-21-24-20(25-26-21)18-5-3-4-10-22-18/h3-10H,11-12H2,1-2H3,(H2,23,24,25,26,28). The maximum absolute atomic E-state index is 12.3. The van der Waals surface area contributed by atoms with Gasteiger partial charge < -0.3 is 9.26 Å². The van der Waals surface area contributed by atoms with Crippen molar-refractivity contribution >= 4 is 11.9 Å². The normalized spacial score (nSPS) is 10.7. The van der Waals surface area contributed by atoms with Gasteiger partial charge in [0.2, 0.25) is 11.9 Å². The molecule has 9 nitrogen and oxygen atoms in total. The monoisotopic (exact) mass is 404 g/mol. The number of rotatable bonds is 7. The van der Waals surface area contributed by atoms with Crippen molar-refractivity contribution in [1.82, 2.24) is 25.3 Å². The summed E-state index contributed by atoms with van der Waals surface area (Å²) in [5.74, 6) is 1.93. The van der Waals surface area contributed by atoms with E-state index in [4.69, 9.17) is 9.26 Å². The Bertz CT molecular complexity index is 1120. The van der Waals surface area contributed by atoms with E-state index in [-0.39, 0.29) is 18.3 Å². The van der Waals surface area contributed by atoms with Gasteiger partial charge in [-0.3, -0.25) is 20.2 Å². The van der Waals surface area contributed by atoms with Crippen molar-refractivity contribution < 1.29 is 14.1 Å². The van der Waals surface area contributed by atoms with Crippen LogP contribution >= 0.6 is 0 Å². The number of amides is 1. The lowest BCUT2D eigenvalue weighted by molar-refractivity contribution is -0.115. The highest BCUT2D eigenvalue weighted by molar-refractivity contribution is 5.90. The van der Waals surface area contributed by atoms with Gasteiger partial charge >= 0.3 is 0 Å². The van der Waals surface area contributed by atoms with Gasteiger partial charge in [-0.05, 0) is 43.7 Å². The molecule has 0 atom stereocenters. The molecule has 0 unspecified atom stereocenters. The summed E-state index contributed by atoms with van der Waals surface area (Å²) in [7, 11) is 0. The van der Waals surface area contributed by atoms with Gasteiger partial charge in [0.1, 0.15) is 23.8 Å². The molecule has 4 aromatic rings. The number of aromatic nitrogens is 5. The van der Waals surface area contributed by atoms with Crippen LogP contribution in [0.5, 0.6) is 5.75 Å². The largest absolute Gasteiger partial charge is 0.489 e. The fourth-order valence-corrected chi connectivity index (χ4v) is 2.86. The molecule has 0 saturated heterocycles. The molecule has 0 fully saturated rings. The molecular formula is C21H20N6O3. The summed E-state index contributed by atoms with van der Waals surface area (Å²) >= 11 is 0. The summed E-state index contributed by atoms with van der Waals surface area (Å²) in [6.07, 6.45) is 1.86. The number of nitrogens with one attached hydrogen (secondary N) is 2. The molecule has 1 amide bonds. The summed E-state index contributed by atoms with van der Waals surface area (Å²) in [5, 5.41) is 13.4. The van der Waals surface area contributed by atoms with Gasteiger partial charge in [-0.1, -0.05) is 23.4 Å². The predicted molar refractivity (Wildman–Crippen MR) is 109 cm³/mol. The van der Waals surface area contributed by atoms with Crippen molar-refractivity contribution in [2.24, 2.45) is 0 Å². The van der Waals surface area contributed by atoms with Crippen molar-refractivity contribution in [3.8, 4) is 17.3 Å². The molecule has 3 heterocycles. The number of aromatic amines is 1. The predicted octanol–water partition coefficient (Wildman–Crippen LogP) is 3.23. The molecular weight excluding hydrogens is 384 g/mol. The van der Waals surface area contributed by atoms with Crippen molar-refractivity contribution in [2.45, 2.75) is 26.9 Å². The Morgan fingerprint density at radius 2 is 2.00 bits per heavy atom. The van der Waals surface area contributed by atoms with E-state index < -0.39 is 0 Å². The maximum Gasteiger partial charge on any atom is 0.249 e. The van der Waals surface area contributed by atoms with Crippen molar-refractivity contribution in [3.63, 3.8) is 0 Å². The van der Waals surface area contributed by atoms with Gasteiger partial charge in [-0.15, -0.1) is 5.10 Å². The Morgan fingerprint density at radius 3 is 2.70 bits per heavy atom. The molecule has 0 spiro atoms. The molecule has 0 aliphatic carbocycles. The molecule has 2 N–H and O–H groups in total. The zero-order valence-corrected chi connectivity index (χ0v) is 16.5. The van der Waals surface area contributed by atoms with Crippen LogP contribution < -0.4 is 10.1 Å². The molecule has 0 aliphatic heterocycles. The number of nitrogens with zero attached hydrogens (tertiary/aromatic N) is 4. The second kappa shape index (κ2) is 8.56. The van der Waals surface area contributed by atoms with E-state index in [9.17, 15) is 4.79 Å². The van der Waals surface area contributed by atoms with Crippen LogP contribution in [0.25, 0.3) is 11.5 Å². The number of carbonyl (C=O) groups is 1. The number of ether oxygens (including phenoxy) is 1. The first-order valence-corrected chi connectivity index (χ1v) is 9.35. The number of H-pyrrole nitrogens is 1. The molecule has 0 bridgehead atoms. The zero-order valence-electron chi connectivity index (χ0n) is 16.5. The van der Waals surface area contributed by atoms with Crippen molar-refractivity contribution in [3.05, 3.63) is 71.2 Å². The lowest BCUT2D eigenvalue weighted by atomic mass is 10.1. The Kier molecular flexibility index (Phi) is 5.51.